The highest BCUT2D eigenvalue weighted by Gasteiger charge is 2.36. The Hall–Kier alpha value is -2.73. The predicted octanol–water partition coefficient (Wildman–Crippen LogP) is -2.07. The number of allylic oxidation sites excluding steroid dienone is 3. The summed E-state index contributed by atoms with van der Waals surface area (Å²) in [7, 11) is 0. The number of rotatable bonds is 23. The highest BCUT2D eigenvalue weighted by atomic mass is 16.6. The summed E-state index contributed by atoms with van der Waals surface area (Å²) in [5.41, 5.74) is 0. The molecule has 0 aliphatic rings. The van der Waals surface area contributed by atoms with E-state index in [0.717, 1.165) is 18.2 Å². The van der Waals surface area contributed by atoms with Crippen molar-refractivity contribution >= 4 is 17.9 Å². The molecule has 6 N–H and O–H groups in total. The summed E-state index contributed by atoms with van der Waals surface area (Å²) >= 11 is 0. The number of aliphatic hydroxyl groups is 6. The fraction of sp³-hybridized carbons (Fsp3) is 0.667. The Bertz CT molecular complexity index is 843. The van der Waals surface area contributed by atoms with Crippen molar-refractivity contribution in [2.24, 2.45) is 0 Å². The average molecular weight is 609 g/mol. The molecule has 0 rings (SSSR count). The third kappa shape index (κ3) is 18.7. The van der Waals surface area contributed by atoms with E-state index in [1.807, 2.05) is 0 Å². The molecule has 242 valence electrons. The number of aliphatic hydroxyl groups excluding tert-OH is 6. The van der Waals surface area contributed by atoms with Gasteiger partial charge in [0.1, 0.15) is 62.5 Å². The minimum atomic E-state index is -1.81. The molecule has 0 fully saturated rings. The molecule has 15 heteroatoms. The van der Waals surface area contributed by atoms with E-state index in [1.54, 1.807) is 20.8 Å². The van der Waals surface area contributed by atoms with Crippen molar-refractivity contribution in [1.82, 2.24) is 0 Å². The van der Waals surface area contributed by atoms with Crippen LogP contribution in [-0.2, 0) is 42.8 Å². The van der Waals surface area contributed by atoms with E-state index in [4.69, 9.17) is 28.4 Å². The molecule has 0 spiro atoms. The Kier molecular flexibility index (Phi) is 22.2. The Morgan fingerprint density at radius 2 is 1.00 bits per heavy atom. The summed E-state index contributed by atoms with van der Waals surface area (Å²) in [5.74, 6) is -2.09. The molecule has 0 radical (unpaired) electrons. The van der Waals surface area contributed by atoms with Crippen molar-refractivity contribution in [3.63, 3.8) is 0 Å². The van der Waals surface area contributed by atoms with Crippen molar-refractivity contribution in [1.29, 1.82) is 0 Å². The number of hydrogen-bond acceptors (Lipinski definition) is 15. The number of carbonyl (C=O) groups excluding carboxylic acids is 3. The highest BCUT2D eigenvalue weighted by molar-refractivity contribution is 5.82. The highest BCUT2D eigenvalue weighted by Crippen LogP contribution is 2.15. The predicted molar refractivity (Wildman–Crippen MR) is 145 cm³/mol. The van der Waals surface area contributed by atoms with Crippen LogP contribution in [0.4, 0.5) is 0 Å². The summed E-state index contributed by atoms with van der Waals surface area (Å²) in [6.07, 6.45) is -2.53. The average Bonchev–Trinajstić information content (AvgIpc) is 2.96. The van der Waals surface area contributed by atoms with E-state index >= 15 is 0 Å². The van der Waals surface area contributed by atoms with Crippen molar-refractivity contribution < 1.29 is 73.4 Å². The van der Waals surface area contributed by atoms with Crippen LogP contribution in [0.3, 0.4) is 0 Å². The van der Waals surface area contributed by atoms with Gasteiger partial charge in [0.2, 0.25) is 0 Å². The topological polar surface area (TPSA) is 228 Å². The van der Waals surface area contributed by atoms with Gasteiger partial charge in [-0.25, -0.2) is 14.4 Å². The minimum Gasteiger partial charge on any atom is -0.460 e. The van der Waals surface area contributed by atoms with E-state index in [2.05, 4.69) is 0 Å². The molecule has 0 heterocycles. The second-order valence-electron chi connectivity index (χ2n) is 8.80. The first-order chi connectivity index (χ1) is 20.0. The van der Waals surface area contributed by atoms with Gasteiger partial charge in [-0.05, 0) is 20.8 Å². The van der Waals surface area contributed by atoms with Crippen molar-refractivity contribution in [2.75, 3.05) is 52.9 Å². The second kappa shape index (κ2) is 23.8. The fourth-order valence-electron chi connectivity index (χ4n) is 3.00. The molecule has 7 atom stereocenters. The summed E-state index contributed by atoms with van der Waals surface area (Å²) in [4.78, 5) is 34.4. The molecule has 0 saturated heterocycles. The maximum absolute atomic E-state index is 11.5. The zero-order valence-corrected chi connectivity index (χ0v) is 24.0. The maximum Gasteiger partial charge on any atom is 0.330 e. The summed E-state index contributed by atoms with van der Waals surface area (Å²) in [6.45, 7) is 0.805. The van der Waals surface area contributed by atoms with E-state index in [0.29, 0.717) is 0 Å². The molecular weight excluding hydrogens is 564 g/mol. The molecule has 0 aromatic rings. The van der Waals surface area contributed by atoms with Crippen LogP contribution in [0.2, 0.25) is 0 Å². The van der Waals surface area contributed by atoms with E-state index in [-0.39, 0.29) is 6.61 Å². The number of esters is 3. The number of carbonyl (C=O) groups is 3. The third-order valence-electron chi connectivity index (χ3n) is 5.02. The van der Waals surface area contributed by atoms with E-state index in [1.165, 1.54) is 18.2 Å². The van der Waals surface area contributed by atoms with Gasteiger partial charge in [-0.1, -0.05) is 18.2 Å². The molecule has 15 nitrogen and oxygen atoms in total. The molecule has 0 saturated carbocycles. The van der Waals surface area contributed by atoms with Gasteiger partial charge in [-0.2, -0.15) is 0 Å². The van der Waals surface area contributed by atoms with Crippen molar-refractivity contribution in [2.45, 2.75) is 63.5 Å². The zero-order chi connectivity index (χ0) is 31.9. The van der Waals surface area contributed by atoms with Crippen LogP contribution < -0.4 is 0 Å². The maximum atomic E-state index is 11.5. The first kappa shape index (κ1) is 39.3. The fourth-order valence-corrected chi connectivity index (χ4v) is 3.00. The lowest BCUT2D eigenvalue weighted by Crippen LogP contribution is -2.51. The smallest absolute Gasteiger partial charge is 0.330 e. The molecule has 3 unspecified atom stereocenters. The van der Waals surface area contributed by atoms with Gasteiger partial charge in [-0.15, -0.1) is 0 Å². The zero-order valence-electron chi connectivity index (χ0n) is 24.0. The standard InChI is InChI=1S/C27H44O15/c1-4-7-23(33)39-13-18(29)11-37-17-22(38-12-19(30)14-40-24(34)8-5-2)27(26(36)21(32)10-28)42-16-20(31)15-41-25(35)9-6-3/h4-9,18-22,26-32,36H,10-17H2,1-3H3/t18?,19?,20?,21-,22+,26-,27-/m1/s1. The van der Waals surface area contributed by atoms with Crippen LogP contribution in [0, 0.1) is 0 Å². The molecule has 0 amide bonds. The first-order valence-corrected chi connectivity index (χ1v) is 13.2. The van der Waals surface area contributed by atoms with Crippen LogP contribution in [-0.4, -0.2) is 144 Å². The minimum absolute atomic E-state index is 0.374. The third-order valence-corrected chi connectivity index (χ3v) is 5.02. The first-order valence-electron chi connectivity index (χ1n) is 13.2. The van der Waals surface area contributed by atoms with Crippen LogP contribution in [0.15, 0.2) is 36.5 Å². The Balaban J connectivity index is 5.52. The van der Waals surface area contributed by atoms with Gasteiger partial charge < -0.3 is 59.1 Å². The summed E-state index contributed by atoms with van der Waals surface area (Å²) < 4.78 is 31.2. The van der Waals surface area contributed by atoms with E-state index < -0.39 is 107 Å². The van der Waals surface area contributed by atoms with Gasteiger partial charge in [0.15, 0.2) is 0 Å². The van der Waals surface area contributed by atoms with Crippen molar-refractivity contribution in [3.8, 4) is 0 Å². The lowest BCUT2D eigenvalue weighted by atomic mass is 10.0. The number of hydrogen-bond donors (Lipinski definition) is 6. The van der Waals surface area contributed by atoms with Crippen LogP contribution >= 0.6 is 0 Å². The molecule has 0 aliphatic heterocycles. The largest absolute Gasteiger partial charge is 0.460 e. The van der Waals surface area contributed by atoms with Gasteiger partial charge in [0.05, 0.1) is 33.0 Å². The van der Waals surface area contributed by atoms with Crippen molar-refractivity contribution in [3.05, 3.63) is 36.5 Å². The molecule has 0 aromatic carbocycles. The van der Waals surface area contributed by atoms with Gasteiger partial charge in [0.25, 0.3) is 0 Å². The monoisotopic (exact) mass is 608 g/mol. The molecule has 0 aliphatic carbocycles. The van der Waals surface area contributed by atoms with Crippen LogP contribution in [0.5, 0.6) is 0 Å². The quantitative estimate of drug-likeness (QED) is 0.0416. The Morgan fingerprint density at radius 3 is 1.40 bits per heavy atom. The molecular formula is C27H44O15. The van der Waals surface area contributed by atoms with Gasteiger partial charge in [0, 0.05) is 18.2 Å². The second-order valence-corrected chi connectivity index (χ2v) is 8.80. The number of ether oxygens (including phenoxy) is 6. The van der Waals surface area contributed by atoms with Gasteiger partial charge >= 0.3 is 17.9 Å². The lowest BCUT2D eigenvalue weighted by molar-refractivity contribution is -0.188. The normalized spacial score (nSPS) is 17.1. The lowest BCUT2D eigenvalue weighted by Gasteiger charge is -2.33. The Labute approximate surface area is 244 Å². The Morgan fingerprint density at radius 1 is 0.595 bits per heavy atom. The molecule has 0 aromatic heterocycles. The summed E-state index contributed by atoms with van der Waals surface area (Å²) in [5, 5.41) is 60.5. The van der Waals surface area contributed by atoms with Gasteiger partial charge in [-0.3, -0.25) is 0 Å². The molecule has 0 bridgehead atoms. The van der Waals surface area contributed by atoms with Crippen LogP contribution in [0.1, 0.15) is 20.8 Å². The SMILES string of the molecule is CC=CC(=O)OCC(O)COC[C@H](OCC(O)COC(=O)C=CC)[C@@H](OCC(O)COC(=O)C=CC)[C@H](O)[C@H](O)CO. The molecule has 42 heavy (non-hydrogen) atoms. The summed E-state index contributed by atoms with van der Waals surface area (Å²) in [6, 6.07) is 0. The van der Waals surface area contributed by atoms with E-state index in [9.17, 15) is 45.0 Å². The van der Waals surface area contributed by atoms with Crippen LogP contribution in [0.25, 0.3) is 0 Å².